The van der Waals surface area contributed by atoms with E-state index in [1.807, 2.05) is 42.5 Å². The van der Waals surface area contributed by atoms with E-state index in [4.69, 9.17) is 15.3 Å². The van der Waals surface area contributed by atoms with E-state index in [0.29, 0.717) is 23.9 Å². The summed E-state index contributed by atoms with van der Waals surface area (Å²) in [5.41, 5.74) is 6.51. The molecule has 3 N–H and O–H groups in total. The number of anilines is 1. The third-order valence-electron chi connectivity index (χ3n) is 9.17. The Balaban J connectivity index is 1.45. The normalized spacial score (nSPS) is 22.1. The Morgan fingerprint density at radius 3 is 2.40 bits per heavy atom. The van der Waals surface area contributed by atoms with Gasteiger partial charge in [-0.05, 0) is 37.2 Å². The fraction of sp³-hybridized carbons (Fsp3) is 0.375. The maximum Gasteiger partial charge on any atom is 0.254 e. The van der Waals surface area contributed by atoms with Crippen molar-refractivity contribution in [3.8, 4) is 22.5 Å². The zero-order valence-electron chi connectivity index (χ0n) is 24.8. The van der Waals surface area contributed by atoms with Crippen LogP contribution in [0.5, 0.6) is 0 Å². The summed E-state index contributed by atoms with van der Waals surface area (Å²) in [4.78, 5) is 30.5. The number of carbonyl (C=O) groups excluding carboxylic acids is 2. The molecule has 1 aliphatic heterocycles. The average molecular weight is 586 g/mol. The smallest absolute Gasteiger partial charge is 0.254 e. The largest absolute Gasteiger partial charge is 0.411 e. The summed E-state index contributed by atoms with van der Waals surface area (Å²) in [6.07, 6.45) is 1.25. The van der Waals surface area contributed by atoms with E-state index >= 15 is 4.39 Å². The second kappa shape index (κ2) is 9.30. The summed E-state index contributed by atoms with van der Waals surface area (Å²) in [6.45, 7) is 13.1. The highest BCUT2D eigenvalue weighted by Gasteiger charge is 2.60. The van der Waals surface area contributed by atoms with Gasteiger partial charge >= 0.3 is 0 Å². The van der Waals surface area contributed by atoms with Crippen LogP contribution in [0.15, 0.2) is 54.6 Å². The van der Waals surface area contributed by atoms with Gasteiger partial charge in [-0.25, -0.2) is 14.1 Å². The monoisotopic (exact) mass is 585 g/mol. The molecule has 4 aromatic rings. The number of nitrogens with two attached hydrogens (primary N) is 1. The van der Waals surface area contributed by atoms with E-state index in [0.717, 1.165) is 5.56 Å². The molecule has 218 valence electrons. The molecule has 1 saturated carbocycles. The number of halogens is 1. The molecule has 0 unspecified atom stereocenters. The van der Waals surface area contributed by atoms with E-state index in [9.17, 15) is 9.59 Å². The Morgan fingerprint density at radius 1 is 1.10 bits per heavy atom. The Hall–Kier alpha value is -3.89. The molecule has 0 radical (unpaired) electrons. The van der Waals surface area contributed by atoms with Crippen molar-refractivity contribution in [3.05, 3.63) is 66.0 Å². The number of carbonyl (C=O) groups is 2. The number of pyridine rings is 1. The molecule has 0 saturated heterocycles. The lowest BCUT2D eigenvalue weighted by Gasteiger charge is -2.58. The van der Waals surface area contributed by atoms with Crippen molar-refractivity contribution >= 4 is 36.9 Å². The van der Waals surface area contributed by atoms with Crippen molar-refractivity contribution in [1.29, 1.82) is 0 Å². The molecule has 42 heavy (non-hydrogen) atoms. The van der Waals surface area contributed by atoms with Crippen LogP contribution in [-0.4, -0.2) is 40.5 Å². The number of nitrogens with zero attached hydrogens (tertiary/aromatic N) is 3. The molecule has 6 rings (SSSR count). The van der Waals surface area contributed by atoms with Gasteiger partial charge in [-0.3, -0.25) is 9.59 Å². The summed E-state index contributed by atoms with van der Waals surface area (Å²) in [7, 11) is -2.10. The molecule has 2 amide bonds. The zero-order valence-corrected chi connectivity index (χ0v) is 25.8. The van der Waals surface area contributed by atoms with Crippen molar-refractivity contribution in [2.75, 3.05) is 5.32 Å². The van der Waals surface area contributed by atoms with Crippen LogP contribution in [0.25, 0.3) is 33.4 Å². The highest BCUT2D eigenvalue weighted by atomic mass is 28.4. The number of fused-ring (bicyclic) bond motifs is 3. The van der Waals surface area contributed by atoms with E-state index in [2.05, 4.69) is 51.1 Å². The predicted molar refractivity (Wildman–Crippen MR) is 164 cm³/mol. The van der Waals surface area contributed by atoms with Gasteiger partial charge in [0, 0.05) is 29.4 Å². The van der Waals surface area contributed by atoms with Crippen LogP contribution in [0.3, 0.4) is 0 Å². The van der Waals surface area contributed by atoms with Gasteiger partial charge in [0.1, 0.15) is 22.6 Å². The second-order valence-corrected chi connectivity index (χ2v) is 18.2. The molecular formula is C32H36FN5O3Si. The minimum atomic E-state index is -2.10. The molecule has 1 fully saturated rings. The van der Waals surface area contributed by atoms with E-state index < -0.39 is 31.2 Å². The topological polar surface area (TPSA) is 112 Å². The van der Waals surface area contributed by atoms with Crippen LogP contribution in [0.2, 0.25) is 18.1 Å². The number of hydrogen-bond donors (Lipinski definition) is 2. The second-order valence-electron chi connectivity index (χ2n) is 13.5. The number of benzene rings is 2. The lowest BCUT2D eigenvalue weighted by Crippen LogP contribution is -2.64. The van der Waals surface area contributed by atoms with Crippen LogP contribution in [0.4, 0.5) is 10.2 Å². The molecule has 2 aromatic carbocycles. The van der Waals surface area contributed by atoms with Crippen LogP contribution >= 0.6 is 0 Å². The number of amides is 2. The molecule has 2 aromatic heterocycles. The molecule has 2 aliphatic rings. The third kappa shape index (κ3) is 4.44. The Bertz CT molecular complexity index is 1750. The summed E-state index contributed by atoms with van der Waals surface area (Å²) in [6, 6.07) is 16.5. The van der Waals surface area contributed by atoms with Crippen molar-refractivity contribution in [2.24, 2.45) is 5.73 Å². The summed E-state index contributed by atoms with van der Waals surface area (Å²) in [5.74, 6) is -1.44. The van der Waals surface area contributed by atoms with Gasteiger partial charge < -0.3 is 15.5 Å². The molecule has 1 aliphatic carbocycles. The maximum atomic E-state index is 16.3. The molecule has 8 nitrogen and oxygen atoms in total. The van der Waals surface area contributed by atoms with Gasteiger partial charge in [0.25, 0.3) is 5.91 Å². The minimum Gasteiger partial charge on any atom is -0.411 e. The maximum absolute atomic E-state index is 16.3. The average Bonchev–Trinajstić information content (AvgIpc) is 3.27. The van der Waals surface area contributed by atoms with Crippen molar-refractivity contribution in [2.45, 2.75) is 76.2 Å². The Kier molecular flexibility index (Phi) is 6.26. The Labute approximate surface area is 245 Å². The third-order valence-corrected chi connectivity index (χ3v) is 13.8. The van der Waals surface area contributed by atoms with Crippen LogP contribution in [-0.2, 0) is 14.8 Å². The first-order valence-corrected chi connectivity index (χ1v) is 17.1. The lowest BCUT2D eigenvalue weighted by molar-refractivity contribution is -0.133. The fourth-order valence-corrected chi connectivity index (χ4v) is 8.09. The van der Waals surface area contributed by atoms with Crippen molar-refractivity contribution in [3.63, 3.8) is 0 Å². The van der Waals surface area contributed by atoms with E-state index in [-0.39, 0.29) is 45.5 Å². The van der Waals surface area contributed by atoms with E-state index in [1.54, 1.807) is 16.8 Å². The number of hydrogen-bond acceptors (Lipinski definition) is 5. The SMILES string of the molecule is CC1(O[Si](C)(C)C(C)(C)C)CC2(CC(=O)Nc3c(C(N)=O)c(-c4ccc5ccc(-c6ccccc6)nc5c4F)nn32)C1. The van der Waals surface area contributed by atoms with Crippen molar-refractivity contribution in [1.82, 2.24) is 14.8 Å². The fourth-order valence-electron chi connectivity index (χ4n) is 6.41. The standard InChI is InChI=1S/C32H36FN5O3Si/c1-30(2,3)42(5,6)41-31(4)17-32(18-31)16-23(39)36-29-24(28(34)40)27(37-38(29)32)21-14-12-20-13-15-22(35-26(20)25(21)33)19-10-8-7-9-11-19/h7-15H,16-18H2,1-6H3,(H2,34,40)(H,36,39). The molecule has 10 heteroatoms. The molecular weight excluding hydrogens is 549 g/mol. The highest BCUT2D eigenvalue weighted by molar-refractivity contribution is 6.74. The first-order chi connectivity index (χ1) is 19.6. The van der Waals surface area contributed by atoms with Gasteiger partial charge in [-0.1, -0.05) is 63.2 Å². The summed E-state index contributed by atoms with van der Waals surface area (Å²) < 4.78 is 24.8. The summed E-state index contributed by atoms with van der Waals surface area (Å²) in [5, 5.41) is 8.24. The summed E-state index contributed by atoms with van der Waals surface area (Å²) >= 11 is 0. The molecule has 0 atom stereocenters. The lowest BCUT2D eigenvalue weighted by atomic mass is 9.63. The van der Waals surface area contributed by atoms with Gasteiger partial charge in [0.05, 0.1) is 23.3 Å². The molecule has 1 spiro atoms. The number of nitrogens with one attached hydrogen (secondary N) is 1. The van der Waals surface area contributed by atoms with Crippen LogP contribution < -0.4 is 11.1 Å². The zero-order chi connectivity index (χ0) is 30.2. The molecule has 0 bridgehead atoms. The van der Waals surface area contributed by atoms with Gasteiger partial charge in [-0.15, -0.1) is 0 Å². The van der Waals surface area contributed by atoms with Crippen molar-refractivity contribution < 1.29 is 18.4 Å². The van der Waals surface area contributed by atoms with Gasteiger partial charge in [-0.2, -0.15) is 5.10 Å². The first kappa shape index (κ1) is 28.2. The number of aromatic nitrogens is 3. The molecule has 3 heterocycles. The quantitative estimate of drug-likeness (QED) is 0.256. The Morgan fingerprint density at radius 2 is 1.76 bits per heavy atom. The first-order valence-electron chi connectivity index (χ1n) is 14.2. The van der Waals surface area contributed by atoms with E-state index in [1.165, 1.54) is 0 Å². The van der Waals surface area contributed by atoms with Gasteiger partial charge in [0.15, 0.2) is 14.1 Å². The van der Waals surface area contributed by atoms with Crippen LogP contribution in [0.1, 0.15) is 57.3 Å². The van der Waals surface area contributed by atoms with Crippen LogP contribution in [0, 0.1) is 5.82 Å². The number of primary amides is 1. The number of rotatable bonds is 5. The predicted octanol–water partition coefficient (Wildman–Crippen LogP) is 6.62. The highest BCUT2D eigenvalue weighted by Crippen LogP contribution is 2.56. The minimum absolute atomic E-state index is 0.0150. The van der Waals surface area contributed by atoms with Gasteiger partial charge in [0.2, 0.25) is 5.91 Å².